The van der Waals surface area contributed by atoms with Crippen LogP contribution in [0.5, 0.6) is 0 Å². The van der Waals surface area contributed by atoms with Crippen LogP contribution in [0.2, 0.25) is 0 Å². The Bertz CT molecular complexity index is 851. The molecule has 9 heteroatoms. The normalized spacial score (nSPS) is 19.2. The van der Waals surface area contributed by atoms with Gasteiger partial charge in [0.1, 0.15) is 11.9 Å². The van der Waals surface area contributed by atoms with E-state index in [0.29, 0.717) is 17.8 Å². The topological polar surface area (TPSA) is 131 Å². The number of hydrogen-bond donors (Lipinski definition) is 4. The number of methoxy groups -OCH3 is 2. The lowest BCUT2D eigenvalue weighted by molar-refractivity contribution is -0.141. The minimum Gasteiger partial charge on any atom is -0.467 e. The van der Waals surface area contributed by atoms with Gasteiger partial charge in [0.15, 0.2) is 0 Å². The highest BCUT2D eigenvalue weighted by molar-refractivity contribution is 5.89. The fraction of sp³-hybridized carbons (Fsp3) is 0.421. The number of amides is 1. The molecule has 5 N–H and O–H groups in total. The summed E-state index contributed by atoms with van der Waals surface area (Å²) in [4.78, 5) is 31.5. The van der Waals surface area contributed by atoms with Gasteiger partial charge in [-0.2, -0.15) is 0 Å². The molecule has 0 fully saturated rings. The molecule has 28 heavy (non-hydrogen) atoms. The first kappa shape index (κ1) is 19.7. The standard InChI is InChI=1S/C19H25N5O4/c1-27-18(25)14-6-4-3-5-13(20)17-21-10-16(24-17)12-8-7-11(9-15(12)23-14)22-19(26)28-2/h7-10,13-14,23H,3-6,20H2,1-2H3,(H,21,24)(H,22,26)/t13-,14?/m0/s1. The highest BCUT2D eigenvalue weighted by Crippen LogP contribution is 2.32. The molecule has 150 valence electrons. The summed E-state index contributed by atoms with van der Waals surface area (Å²) in [6, 6.07) is 4.61. The second-order valence-corrected chi connectivity index (χ2v) is 6.67. The third-order valence-corrected chi connectivity index (χ3v) is 4.76. The molecule has 9 nitrogen and oxygen atoms in total. The number of esters is 1. The highest BCUT2D eigenvalue weighted by Gasteiger charge is 2.23. The molecule has 1 aliphatic rings. The van der Waals surface area contributed by atoms with Crippen molar-refractivity contribution in [1.29, 1.82) is 0 Å². The largest absolute Gasteiger partial charge is 0.467 e. The van der Waals surface area contributed by atoms with Crippen molar-refractivity contribution in [2.45, 2.75) is 37.8 Å². The summed E-state index contributed by atoms with van der Waals surface area (Å²) in [5, 5.41) is 5.89. The van der Waals surface area contributed by atoms with Crippen molar-refractivity contribution < 1.29 is 19.1 Å². The van der Waals surface area contributed by atoms with Gasteiger partial charge < -0.3 is 25.5 Å². The molecule has 2 atom stereocenters. The molecular weight excluding hydrogens is 362 g/mol. The lowest BCUT2D eigenvalue weighted by atomic mass is 10.0. The Morgan fingerprint density at radius 3 is 2.75 bits per heavy atom. The van der Waals surface area contributed by atoms with Gasteiger partial charge in [-0.15, -0.1) is 0 Å². The van der Waals surface area contributed by atoms with Crippen LogP contribution in [0, 0.1) is 0 Å². The summed E-state index contributed by atoms with van der Waals surface area (Å²) in [6.45, 7) is 0. The van der Waals surface area contributed by atoms with Crippen molar-refractivity contribution in [1.82, 2.24) is 9.97 Å². The Balaban J connectivity index is 2.03. The van der Waals surface area contributed by atoms with E-state index in [1.54, 1.807) is 18.3 Å². The predicted octanol–water partition coefficient (Wildman–Crippen LogP) is 2.78. The summed E-state index contributed by atoms with van der Waals surface area (Å²) >= 11 is 0. The summed E-state index contributed by atoms with van der Waals surface area (Å²) in [7, 11) is 2.66. The van der Waals surface area contributed by atoms with Gasteiger partial charge in [0.25, 0.3) is 0 Å². The zero-order chi connectivity index (χ0) is 20.1. The zero-order valence-electron chi connectivity index (χ0n) is 16.0. The second kappa shape index (κ2) is 8.75. The first-order valence-electron chi connectivity index (χ1n) is 9.16. The number of nitrogens with one attached hydrogen (secondary N) is 3. The third kappa shape index (κ3) is 4.42. The summed E-state index contributed by atoms with van der Waals surface area (Å²) in [6.07, 6.45) is 4.19. The molecule has 1 aromatic heterocycles. The fourth-order valence-electron chi connectivity index (χ4n) is 3.24. The van der Waals surface area contributed by atoms with Crippen LogP contribution in [0.15, 0.2) is 24.4 Å². The first-order chi connectivity index (χ1) is 13.5. The van der Waals surface area contributed by atoms with Gasteiger partial charge in [0.05, 0.1) is 32.2 Å². The van der Waals surface area contributed by atoms with Crippen molar-refractivity contribution in [2.75, 3.05) is 24.9 Å². The van der Waals surface area contributed by atoms with E-state index in [9.17, 15) is 9.59 Å². The van der Waals surface area contributed by atoms with Crippen molar-refractivity contribution in [3.05, 3.63) is 30.2 Å². The number of benzene rings is 1. The fourth-order valence-corrected chi connectivity index (χ4v) is 3.24. The number of imidazole rings is 1. The smallest absolute Gasteiger partial charge is 0.411 e. The molecule has 1 aliphatic heterocycles. The van der Waals surface area contributed by atoms with Crippen LogP contribution in [0.1, 0.15) is 37.5 Å². The number of anilines is 2. The number of carbonyl (C=O) groups is 2. The summed E-state index contributed by atoms with van der Waals surface area (Å²) in [5.41, 5.74) is 9.00. The average Bonchev–Trinajstić information content (AvgIpc) is 3.19. The van der Waals surface area contributed by atoms with Gasteiger partial charge in [-0.3, -0.25) is 5.32 Å². The van der Waals surface area contributed by atoms with Crippen molar-refractivity contribution >= 4 is 23.4 Å². The van der Waals surface area contributed by atoms with E-state index in [-0.39, 0.29) is 12.0 Å². The van der Waals surface area contributed by atoms with E-state index in [2.05, 4.69) is 25.3 Å². The minimum absolute atomic E-state index is 0.193. The van der Waals surface area contributed by atoms with Crippen LogP contribution >= 0.6 is 0 Å². The molecule has 3 rings (SSSR count). The van der Waals surface area contributed by atoms with Gasteiger partial charge in [-0.1, -0.05) is 12.8 Å². The Kier molecular flexibility index (Phi) is 6.15. The van der Waals surface area contributed by atoms with E-state index in [1.807, 2.05) is 6.07 Å². The maximum Gasteiger partial charge on any atom is 0.411 e. The third-order valence-electron chi connectivity index (χ3n) is 4.76. The summed E-state index contributed by atoms with van der Waals surface area (Å²) < 4.78 is 9.60. The van der Waals surface area contributed by atoms with E-state index in [1.165, 1.54) is 14.2 Å². The predicted molar refractivity (Wildman–Crippen MR) is 105 cm³/mol. The number of aromatic nitrogens is 2. The zero-order valence-corrected chi connectivity index (χ0v) is 16.0. The number of fused-ring (bicyclic) bond motifs is 4. The molecule has 1 unspecified atom stereocenters. The second-order valence-electron chi connectivity index (χ2n) is 6.67. The van der Waals surface area contributed by atoms with Crippen LogP contribution in [-0.4, -0.2) is 42.3 Å². The molecule has 2 bridgehead atoms. The SMILES string of the molecule is COC(=O)Nc1ccc2c(c1)NC(C(=O)OC)CCCC[C@H](N)c1ncc-2[nH]1. The monoisotopic (exact) mass is 387 g/mol. The molecular formula is C19H25N5O4. The molecule has 0 saturated heterocycles. The van der Waals surface area contributed by atoms with Gasteiger partial charge >= 0.3 is 12.1 Å². The van der Waals surface area contributed by atoms with Crippen LogP contribution in [0.4, 0.5) is 16.2 Å². The lowest BCUT2D eigenvalue weighted by Crippen LogP contribution is -2.31. The van der Waals surface area contributed by atoms with Crippen LogP contribution < -0.4 is 16.4 Å². The maximum absolute atomic E-state index is 12.3. The molecule has 0 saturated carbocycles. The number of aromatic amines is 1. The molecule has 1 aromatic carbocycles. The number of H-pyrrole nitrogens is 1. The molecule has 0 radical (unpaired) electrons. The van der Waals surface area contributed by atoms with Crippen molar-refractivity contribution in [3.63, 3.8) is 0 Å². The van der Waals surface area contributed by atoms with Crippen LogP contribution in [0.3, 0.4) is 0 Å². The van der Waals surface area contributed by atoms with E-state index in [0.717, 1.165) is 36.3 Å². The molecule has 1 amide bonds. The van der Waals surface area contributed by atoms with Gasteiger partial charge in [-0.05, 0) is 31.0 Å². The highest BCUT2D eigenvalue weighted by atomic mass is 16.5. The molecule has 2 heterocycles. The molecule has 2 aromatic rings. The van der Waals surface area contributed by atoms with Gasteiger partial charge in [0, 0.05) is 16.9 Å². The first-order valence-corrected chi connectivity index (χ1v) is 9.16. The number of rotatable bonds is 2. The van der Waals surface area contributed by atoms with Crippen molar-refractivity contribution in [2.24, 2.45) is 5.73 Å². The maximum atomic E-state index is 12.3. The molecule has 0 spiro atoms. The van der Waals surface area contributed by atoms with Gasteiger partial charge in [-0.25, -0.2) is 14.6 Å². The quantitative estimate of drug-likeness (QED) is 0.583. The Morgan fingerprint density at radius 2 is 2.00 bits per heavy atom. The Labute approximate surface area is 163 Å². The van der Waals surface area contributed by atoms with Crippen LogP contribution in [-0.2, 0) is 14.3 Å². The lowest BCUT2D eigenvalue weighted by Gasteiger charge is -2.21. The minimum atomic E-state index is -0.576. The number of ether oxygens (including phenoxy) is 2. The van der Waals surface area contributed by atoms with Crippen molar-refractivity contribution in [3.8, 4) is 11.3 Å². The molecule has 0 aliphatic carbocycles. The van der Waals surface area contributed by atoms with E-state index >= 15 is 0 Å². The van der Waals surface area contributed by atoms with Gasteiger partial charge in [0.2, 0.25) is 0 Å². The number of nitrogens with zero attached hydrogens (tertiary/aromatic N) is 1. The number of nitrogens with two attached hydrogens (primary N) is 1. The van der Waals surface area contributed by atoms with Crippen LogP contribution in [0.25, 0.3) is 11.3 Å². The number of hydrogen-bond acceptors (Lipinski definition) is 7. The Hall–Kier alpha value is -3.07. The Morgan fingerprint density at radius 1 is 1.21 bits per heavy atom. The van der Waals surface area contributed by atoms with E-state index < -0.39 is 12.1 Å². The summed E-state index contributed by atoms with van der Waals surface area (Å²) in [5.74, 6) is 0.381. The number of carbonyl (C=O) groups excluding carboxylic acids is 2. The van der Waals surface area contributed by atoms with E-state index in [4.69, 9.17) is 10.5 Å². The average molecular weight is 387 g/mol.